The summed E-state index contributed by atoms with van der Waals surface area (Å²) in [5.41, 5.74) is 8.04. The van der Waals surface area contributed by atoms with Crippen LogP contribution < -0.4 is 9.47 Å². The second-order valence-corrected chi connectivity index (χ2v) is 13.6. The Bertz CT molecular complexity index is 2320. The summed E-state index contributed by atoms with van der Waals surface area (Å²) < 4.78 is 18.1. The number of hydrogen-bond donors (Lipinski definition) is 0. The van der Waals surface area contributed by atoms with Crippen molar-refractivity contribution in [3.8, 4) is 45.1 Å². The molecule has 0 aliphatic carbocycles. The van der Waals surface area contributed by atoms with Gasteiger partial charge in [0.05, 0.1) is 22.2 Å². The van der Waals surface area contributed by atoms with Crippen molar-refractivity contribution in [1.82, 2.24) is 9.97 Å². The highest BCUT2D eigenvalue weighted by Crippen LogP contribution is 2.38. The molecule has 0 bridgehead atoms. The van der Waals surface area contributed by atoms with E-state index in [0.29, 0.717) is 47.2 Å². The standard InChI is InChI=1S/C27H22ClNO3.C18H13BrClNO/c1-2-31-27(30)21-12-8-11-20(15-21)23-13-6-7-14-24(23)25-16-22(28)17-29-26(25)32-18-19-9-4-3-5-10-19;19-17-9-5-4-8-15(17)16-10-14(20)11-21-18(16)22-12-13-6-2-1-3-7-13/h3-17H,2,18H2,1H3;1-11H,12H2. The molecule has 0 N–H and O–H groups in total. The molecule has 0 saturated carbocycles. The van der Waals surface area contributed by atoms with Gasteiger partial charge in [-0.2, -0.15) is 0 Å². The fourth-order valence-electron chi connectivity index (χ4n) is 5.60. The van der Waals surface area contributed by atoms with Gasteiger partial charge in [-0.15, -0.1) is 0 Å². The van der Waals surface area contributed by atoms with E-state index in [-0.39, 0.29) is 5.97 Å². The van der Waals surface area contributed by atoms with E-state index in [1.54, 1.807) is 25.4 Å². The smallest absolute Gasteiger partial charge is 0.338 e. The van der Waals surface area contributed by atoms with E-state index in [9.17, 15) is 4.79 Å². The highest BCUT2D eigenvalue weighted by Gasteiger charge is 2.16. The summed E-state index contributed by atoms with van der Waals surface area (Å²) in [6.45, 7) is 2.98. The molecule has 7 aromatic rings. The van der Waals surface area contributed by atoms with Gasteiger partial charge < -0.3 is 14.2 Å². The SMILES string of the molecule is CCOC(=O)c1cccc(-c2ccccc2-c2cc(Cl)cnc2OCc2ccccc2)c1.Clc1cnc(OCc2ccccc2)c(-c2ccccc2Br)c1. The Morgan fingerprint density at radius 3 is 1.63 bits per heavy atom. The number of rotatable bonds is 11. The number of ether oxygens (including phenoxy) is 3. The predicted molar refractivity (Wildman–Crippen MR) is 220 cm³/mol. The molecule has 7 rings (SSSR count). The van der Waals surface area contributed by atoms with Crippen LogP contribution in [0.4, 0.5) is 0 Å². The van der Waals surface area contributed by atoms with Crippen molar-refractivity contribution in [2.45, 2.75) is 20.1 Å². The van der Waals surface area contributed by atoms with Gasteiger partial charge in [-0.25, -0.2) is 14.8 Å². The Morgan fingerprint density at radius 2 is 1.07 bits per heavy atom. The molecule has 2 heterocycles. The zero-order valence-corrected chi connectivity index (χ0v) is 32.4. The van der Waals surface area contributed by atoms with Crippen molar-refractivity contribution in [1.29, 1.82) is 0 Å². The zero-order chi connectivity index (χ0) is 37.7. The van der Waals surface area contributed by atoms with Crippen LogP contribution >= 0.6 is 39.1 Å². The minimum absolute atomic E-state index is 0.329. The Hall–Kier alpha value is -5.47. The molecule has 6 nitrogen and oxygen atoms in total. The molecule has 5 aromatic carbocycles. The van der Waals surface area contributed by atoms with Crippen molar-refractivity contribution in [3.05, 3.63) is 189 Å². The number of carbonyl (C=O) groups is 1. The molecule has 0 atom stereocenters. The molecule has 9 heteroatoms. The second-order valence-electron chi connectivity index (χ2n) is 11.9. The molecule has 0 fully saturated rings. The molecule has 0 aliphatic rings. The van der Waals surface area contributed by atoms with Gasteiger partial charge in [0.1, 0.15) is 13.2 Å². The summed E-state index contributed by atoms with van der Waals surface area (Å²) in [5.74, 6) is 0.718. The average Bonchev–Trinajstić information content (AvgIpc) is 3.21. The number of benzene rings is 5. The van der Waals surface area contributed by atoms with Gasteiger partial charge in [-0.3, -0.25) is 0 Å². The molecule has 270 valence electrons. The Morgan fingerprint density at radius 1 is 0.574 bits per heavy atom. The van der Waals surface area contributed by atoms with Gasteiger partial charge in [-0.05, 0) is 65.1 Å². The van der Waals surface area contributed by atoms with Crippen LogP contribution in [0.25, 0.3) is 33.4 Å². The lowest BCUT2D eigenvalue weighted by Crippen LogP contribution is -2.04. The lowest BCUT2D eigenvalue weighted by atomic mass is 9.94. The van der Waals surface area contributed by atoms with Crippen molar-refractivity contribution in [2.75, 3.05) is 6.61 Å². The summed E-state index contributed by atoms with van der Waals surface area (Å²) in [4.78, 5) is 21.0. The maximum Gasteiger partial charge on any atom is 0.338 e. The van der Waals surface area contributed by atoms with E-state index in [2.05, 4.69) is 25.9 Å². The van der Waals surface area contributed by atoms with Gasteiger partial charge >= 0.3 is 5.97 Å². The largest absolute Gasteiger partial charge is 0.472 e. The quantitative estimate of drug-likeness (QED) is 0.121. The first-order chi connectivity index (χ1) is 26.4. The van der Waals surface area contributed by atoms with Crippen LogP contribution in [-0.2, 0) is 18.0 Å². The van der Waals surface area contributed by atoms with Gasteiger partial charge in [0, 0.05) is 33.6 Å². The van der Waals surface area contributed by atoms with E-state index in [4.69, 9.17) is 37.4 Å². The molecule has 0 spiro atoms. The van der Waals surface area contributed by atoms with E-state index >= 15 is 0 Å². The van der Waals surface area contributed by atoms with Crippen molar-refractivity contribution >= 4 is 45.1 Å². The summed E-state index contributed by atoms with van der Waals surface area (Å²) in [6, 6.07) is 46.9. The molecule has 0 amide bonds. The zero-order valence-electron chi connectivity index (χ0n) is 29.3. The van der Waals surface area contributed by atoms with E-state index in [1.807, 2.05) is 140 Å². The number of carbonyl (C=O) groups excluding carboxylic acids is 1. The first-order valence-electron chi connectivity index (χ1n) is 17.2. The van der Waals surface area contributed by atoms with Crippen LogP contribution in [0.3, 0.4) is 0 Å². The molecule has 0 unspecified atom stereocenters. The van der Waals surface area contributed by atoms with Crippen LogP contribution in [0.5, 0.6) is 11.8 Å². The third-order valence-electron chi connectivity index (χ3n) is 8.14. The fraction of sp³-hybridized carbons (Fsp3) is 0.0889. The van der Waals surface area contributed by atoms with Crippen LogP contribution in [0, 0.1) is 0 Å². The Balaban J connectivity index is 0.000000197. The summed E-state index contributed by atoms with van der Waals surface area (Å²) in [5, 5.41) is 1.10. The minimum atomic E-state index is -0.344. The number of halogens is 3. The summed E-state index contributed by atoms with van der Waals surface area (Å²) >= 11 is 16.0. The third kappa shape index (κ3) is 10.1. The maximum absolute atomic E-state index is 12.2. The number of pyridine rings is 2. The fourth-order valence-corrected chi connectivity index (χ4v) is 6.41. The van der Waals surface area contributed by atoms with Crippen molar-refractivity contribution < 1.29 is 19.0 Å². The topological polar surface area (TPSA) is 70.5 Å². The second kappa shape index (κ2) is 19.0. The Kier molecular flexibility index (Phi) is 13.5. The van der Waals surface area contributed by atoms with Crippen molar-refractivity contribution in [2.24, 2.45) is 0 Å². The lowest BCUT2D eigenvalue weighted by molar-refractivity contribution is 0.0526. The van der Waals surface area contributed by atoms with E-state index < -0.39 is 0 Å². The van der Waals surface area contributed by atoms with Gasteiger partial charge in [-0.1, -0.05) is 154 Å². The van der Waals surface area contributed by atoms with Crippen LogP contribution in [0.2, 0.25) is 10.0 Å². The molecule has 2 aromatic heterocycles. The number of aromatic nitrogens is 2. The Labute approximate surface area is 333 Å². The molecule has 0 aliphatic heterocycles. The highest BCUT2D eigenvalue weighted by molar-refractivity contribution is 9.10. The van der Waals surface area contributed by atoms with Gasteiger partial charge in [0.15, 0.2) is 0 Å². The first-order valence-corrected chi connectivity index (χ1v) is 18.7. The number of esters is 1. The highest BCUT2D eigenvalue weighted by atomic mass is 79.9. The summed E-state index contributed by atoms with van der Waals surface area (Å²) in [6.07, 6.45) is 3.18. The van der Waals surface area contributed by atoms with E-state index in [1.165, 1.54) is 0 Å². The van der Waals surface area contributed by atoms with Gasteiger partial charge in [0.25, 0.3) is 0 Å². The normalized spacial score (nSPS) is 10.5. The number of nitrogens with zero attached hydrogens (tertiary/aromatic N) is 2. The van der Waals surface area contributed by atoms with Crippen LogP contribution in [0.15, 0.2) is 162 Å². The van der Waals surface area contributed by atoms with Crippen LogP contribution in [-0.4, -0.2) is 22.5 Å². The number of hydrogen-bond acceptors (Lipinski definition) is 6. The van der Waals surface area contributed by atoms with E-state index in [0.717, 1.165) is 49.0 Å². The lowest BCUT2D eigenvalue weighted by Gasteiger charge is -2.15. The molecule has 54 heavy (non-hydrogen) atoms. The molecule has 0 radical (unpaired) electrons. The predicted octanol–water partition coefficient (Wildman–Crippen LogP) is 12.6. The van der Waals surface area contributed by atoms with Gasteiger partial charge in [0.2, 0.25) is 11.8 Å². The van der Waals surface area contributed by atoms with Crippen molar-refractivity contribution in [3.63, 3.8) is 0 Å². The summed E-state index contributed by atoms with van der Waals surface area (Å²) in [7, 11) is 0. The molecular formula is C45H35BrCl2N2O4. The molecular weight excluding hydrogens is 783 g/mol. The maximum atomic E-state index is 12.2. The third-order valence-corrected chi connectivity index (χ3v) is 9.24. The monoisotopic (exact) mass is 816 g/mol. The first kappa shape index (κ1) is 38.3. The average molecular weight is 819 g/mol. The minimum Gasteiger partial charge on any atom is -0.472 e. The molecule has 0 saturated heterocycles. The van der Waals surface area contributed by atoms with Crippen LogP contribution in [0.1, 0.15) is 28.4 Å².